The van der Waals surface area contributed by atoms with E-state index in [-0.39, 0.29) is 5.82 Å². The van der Waals surface area contributed by atoms with Crippen molar-refractivity contribution < 1.29 is 4.39 Å². The van der Waals surface area contributed by atoms with E-state index in [1.165, 1.54) is 12.1 Å². The predicted octanol–water partition coefficient (Wildman–Crippen LogP) is 0.603. The van der Waals surface area contributed by atoms with Gasteiger partial charge in [0.05, 0.1) is 0 Å². The maximum Gasteiger partial charge on any atom is 0.214 e. The first-order valence-electron chi connectivity index (χ1n) is 2.09. The summed E-state index contributed by atoms with van der Waals surface area (Å²) < 4.78 is 12.0. The number of nitrogens with zero attached hydrogens (tertiary/aromatic N) is 1. The number of hydrogen-bond donors (Lipinski definition) is 1. The van der Waals surface area contributed by atoms with Gasteiger partial charge in [-0.2, -0.15) is 4.39 Å². The Balaban J connectivity index is 3.08. The van der Waals surface area contributed by atoms with Gasteiger partial charge in [0.1, 0.15) is 5.82 Å². The van der Waals surface area contributed by atoms with Crippen LogP contribution in [0.3, 0.4) is 0 Å². The van der Waals surface area contributed by atoms with Crippen LogP contribution in [0.2, 0.25) is 0 Å². The fraction of sp³-hybridized carbons (Fsp3) is 0. The Labute approximate surface area is 46.2 Å². The summed E-state index contributed by atoms with van der Waals surface area (Å²) in [7, 11) is 0. The van der Waals surface area contributed by atoms with E-state index < -0.39 is 5.95 Å². The summed E-state index contributed by atoms with van der Waals surface area (Å²) in [5.74, 6) is -0.480. The summed E-state index contributed by atoms with van der Waals surface area (Å²) in [6.45, 7) is 0. The third-order valence-corrected chi connectivity index (χ3v) is 0.679. The van der Waals surface area contributed by atoms with Gasteiger partial charge in [-0.3, -0.25) is 0 Å². The van der Waals surface area contributed by atoms with Crippen LogP contribution in [0.25, 0.3) is 0 Å². The molecule has 0 aromatic carbocycles. The number of anilines is 1. The Morgan fingerprint density at radius 3 is 2.88 bits per heavy atom. The van der Waals surface area contributed by atoms with Crippen molar-refractivity contribution >= 4 is 5.82 Å². The molecule has 8 heavy (non-hydrogen) atoms. The van der Waals surface area contributed by atoms with Gasteiger partial charge in [0.15, 0.2) is 0 Å². The molecule has 0 saturated heterocycles. The molecular formula is C5H4FN2. The Morgan fingerprint density at radius 1 is 1.75 bits per heavy atom. The lowest BCUT2D eigenvalue weighted by molar-refractivity contribution is 0.586. The third-order valence-electron chi connectivity index (χ3n) is 0.679. The molecule has 0 atom stereocenters. The van der Waals surface area contributed by atoms with Crippen LogP contribution in [-0.4, -0.2) is 4.98 Å². The van der Waals surface area contributed by atoms with Crippen molar-refractivity contribution in [3.05, 3.63) is 24.1 Å². The molecule has 0 bridgehead atoms. The van der Waals surface area contributed by atoms with E-state index in [0.717, 1.165) is 0 Å². The molecule has 0 fully saturated rings. The number of aromatic nitrogens is 1. The summed E-state index contributed by atoms with van der Waals surface area (Å²) in [6.07, 6.45) is 0. The second-order valence-electron chi connectivity index (χ2n) is 1.30. The third kappa shape index (κ3) is 0.932. The molecule has 0 aliphatic heterocycles. The highest BCUT2D eigenvalue weighted by Gasteiger charge is 1.87. The van der Waals surface area contributed by atoms with Gasteiger partial charge in [-0.25, -0.2) is 4.98 Å². The standard InChI is InChI=1S/C5H4FN2/c6-4-2-1-3-5(7)8-4/h1-2H,(H2,7,8). The summed E-state index contributed by atoms with van der Waals surface area (Å²) in [4.78, 5) is 3.23. The normalized spacial score (nSPS) is 9.12. The summed E-state index contributed by atoms with van der Waals surface area (Å²) in [5, 5.41) is 0. The van der Waals surface area contributed by atoms with Gasteiger partial charge in [-0.05, 0) is 12.1 Å². The average molecular weight is 111 g/mol. The number of nitrogens with two attached hydrogens (primary N) is 1. The molecule has 1 aromatic rings. The number of halogens is 1. The lowest BCUT2D eigenvalue weighted by Gasteiger charge is -1.86. The zero-order chi connectivity index (χ0) is 5.98. The minimum Gasteiger partial charge on any atom is -0.383 e. The fourth-order valence-electron chi connectivity index (χ4n) is 0.380. The van der Waals surface area contributed by atoms with Crippen LogP contribution in [0.15, 0.2) is 12.1 Å². The first kappa shape index (κ1) is 5.03. The number of nitrogen functional groups attached to an aromatic ring is 1. The van der Waals surface area contributed by atoms with Crippen LogP contribution in [0.4, 0.5) is 10.2 Å². The quantitative estimate of drug-likeness (QED) is 0.498. The molecule has 0 aliphatic rings. The minimum absolute atomic E-state index is 0.0880. The van der Waals surface area contributed by atoms with Gasteiger partial charge in [-0.1, -0.05) is 0 Å². The molecular weight excluding hydrogens is 107 g/mol. The van der Waals surface area contributed by atoms with Crippen molar-refractivity contribution in [2.75, 3.05) is 5.73 Å². The van der Waals surface area contributed by atoms with E-state index in [0.29, 0.717) is 0 Å². The Kier molecular flexibility index (Phi) is 1.12. The molecule has 1 heterocycles. The molecule has 0 amide bonds. The number of pyridine rings is 1. The summed E-state index contributed by atoms with van der Waals surface area (Å²) >= 11 is 0. The van der Waals surface area contributed by atoms with Crippen LogP contribution < -0.4 is 5.73 Å². The highest BCUT2D eigenvalue weighted by molar-refractivity contribution is 5.23. The maximum atomic E-state index is 12.0. The van der Waals surface area contributed by atoms with Crippen molar-refractivity contribution in [2.45, 2.75) is 0 Å². The van der Waals surface area contributed by atoms with E-state index >= 15 is 0 Å². The average Bonchev–Trinajstić information content (AvgIpc) is 1.64. The topological polar surface area (TPSA) is 38.9 Å². The molecule has 41 valence electrons. The molecule has 2 N–H and O–H groups in total. The molecule has 1 rings (SSSR count). The van der Waals surface area contributed by atoms with Gasteiger partial charge in [0.2, 0.25) is 5.95 Å². The fourth-order valence-corrected chi connectivity index (χ4v) is 0.380. The number of rotatable bonds is 0. The summed E-state index contributed by atoms with van der Waals surface area (Å²) in [5.41, 5.74) is 5.05. The monoisotopic (exact) mass is 111 g/mol. The van der Waals surface area contributed by atoms with E-state index in [1.54, 1.807) is 0 Å². The Morgan fingerprint density at radius 2 is 2.50 bits per heavy atom. The van der Waals surface area contributed by atoms with Crippen molar-refractivity contribution in [3.8, 4) is 0 Å². The molecule has 0 spiro atoms. The first-order chi connectivity index (χ1) is 3.79. The van der Waals surface area contributed by atoms with E-state index in [2.05, 4.69) is 11.1 Å². The van der Waals surface area contributed by atoms with Crippen molar-refractivity contribution in [2.24, 2.45) is 0 Å². The van der Waals surface area contributed by atoms with E-state index in [4.69, 9.17) is 5.73 Å². The van der Waals surface area contributed by atoms with Gasteiger partial charge in [0, 0.05) is 6.07 Å². The zero-order valence-electron chi connectivity index (χ0n) is 4.06. The van der Waals surface area contributed by atoms with Gasteiger partial charge >= 0.3 is 0 Å². The second kappa shape index (κ2) is 1.78. The predicted molar refractivity (Wildman–Crippen MR) is 27.4 cm³/mol. The second-order valence-corrected chi connectivity index (χ2v) is 1.30. The van der Waals surface area contributed by atoms with Crippen molar-refractivity contribution in [1.29, 1.82) is 0 Å². The smallest absolute Gasteiger partial charge is 0.214 e. The zero-order valence-corrected chi connectivity index (χ0v) is 4.06. The number of hydrogen-bond acceptors (Lipinski definition) is 2. The van der Waals surface area contributed by atoms with Crippen molar-refractivity contribution in [3.63, 3.8) is 0 Å². The highest BCUT2D eigenvalue weighted by atomic mass is 19.1. The molecule has 0 aliphatic carbocycles. The lowest BCUT2D eigenvalue weighted by atomic mass is 10.5. The molecule has 1 aromatic heterocycles. The van der Waals surface area contributed by atoms with Crippen LogP contribution in [0.1, 0.15) is 0 Å². The molecule has 0 unspecified atom stereocenters. The van der Waals surface area contributed by atoms with Crippen LogP contribution in [0.5, 0.6) is 0 Å². The van der Waals surface area contributed by atoms with E-state index in [1.807, 2.05) is 0 Å². The minimum atomic E-state index is -0.568. The SMILES string of the molecule is Nc1[c]ccc(F)n1. The van der Waals surface area contributed by atoms with Gasteiger partial charge < -0.3 is 5.73 Å². The van der Waals surface area contributed by atoms with Crippen LogP contribution >= 0.6 is 0 Å². The maximum absolute atomic E-state index is 12.0. The summed E-state index contributed by atoms with van der Waals surface area (Å²) in [6, 6.07) is 5.08. The van der Waals surface area contributed by atoms with E-state index in [9.17, 15) is 4.39 Å². The molecule has 3 heteroatoms. The largest absolute Gasteiger partial charge is 0.383 e. The Hall–Kier alpha value is -1.12. The highest BCUT2D eigenvalue weighted by Crippen LogP contribution is 1.95. The van der Waals surface area contributed by atoms with Crippen molar-refractivity contribution in [1.82, 2.24) is 4.98 Å². The van der Waals surface area contributed by atoms with Gasteiger partial charge in [-0.15, -0.1) is 0 Å². The molecule has 0 saturated carbocycles. The van der Waals surface area contributed by atoms with Crippen LogP contribution in [0, 0.1) is 12.0 Å². The molecule has 2 nitrogen and oxygen atoms in total. The first-order valence-corrected chi connectivity index (χ1v) is 2.09. The Bertz CT molecular complexity index is 170. The molecule has 1 radical (unpaired) electrons. The lowest BCUT2D eigenvalue weighted by Crippen LogP contribution is -1.90. The van der Waals surface area contributed by atoms with Crippen LogP contribution in [-0.2, 0) is 0 Å². The van der Waals surface area contributed by atoms with Gasteiger partial charge in [0.25, 0.3) is 0 Å².